The average Bonchev–Trinajstić information content (AvgIpc) is 3.54. The molecule has 3 N–H and O–H groups in total. The van der Waals surface area contributed by atoms with E-state index in [1.807, 2.05) is 24.3 Å². The molecule has 2 aliphatic carbocycles. The summed E-state index contributed by atoms with van der Waals surface area (Å²) in [5.74, 6) is -2.03. The fraction of sp³-hybridized carbons (Fsp3) is 0.423. The van der Waals surface area contributed by atoms with E-state index in [-0.39, 0.29) is 44.0 Å². The molecule has 1 unspecified atom stereocenters. The second-order valence-electron chi connectivity index (χ2n) is 9.46. The van der Waals surface area contributed by atoms with E-state index in [1.54, 1.807) is 0 Å². The zero-order valence-electron chi connectivity index (χ0n) is 18.8. The molecule has 2 aromatic carbocycles. The van der Waals surface area contributed by atoms with Gasteiger partial charge >= 0.3 is 12.1 Å². The van der Waals surface area contributed by atoms with Crippen LogP contribution in [0.15, 0.2) is 48.5 Å². The van der Waals surface area contributed by atoms with E-state index in [2.05, 4.69) is 29.6 Å². The Morgan fingerprint density at radius 3 is 2.29 bits per heavy atom. The van der Waals surface area contributed by atoms with Gasteiger partial charge in [0.15, 0.2) is 5.60 Å². The second kappa shape index (κ2) is 8.76. The first-order valence-electron chi connectivity index (χ1n) is 11.7. The highest BCUT2D eigenvalue weighted by Gasteiger charge is 2.47. The highest BCUT2D eigenvalue weighted by molar-refractivity contribution is 5.84. The molecule has 2 amide bonds. The molecule has 8 heteroatoms. The molecule has 1 heterocycles. The fourth-order valence-electron chi connectivity index (χ4n) is 5.61. The molecular weight excluding hydrogens is 436 g/mol. The highest BCUT2D eigenvalue weighted by Crippen LogP contribution is 2.44. The van der Waals surface area contributed by atoms with E-state index in [0.29, 0.717) is 12.8 Å². The van der Waals surface area contributed by atoms with Gasteiger partial charge in [-0.25, -0.2) is 9.59 Å². The number of carbonyl (C=O) groups is 3. The summed E-state index contributed by atoms with van der Waals surface area (Å²) in [4.78, 5) is 38.4. The number of aliphatic hydroxyl groups is 1. The van der Waals surface area contributed by atoms with Gasteiger partial charge in [0.2, 0.25) is 5.91 Å². The van der Waals surface area contributed by atoms with Crippen LogP contribution in [0, 0.1) is 5.92 Å². The van der Waals surface area contributed by atoms with Crippen molar-refractivity contribution >= 4 is 18.0 Å². The van der Waals surface area contributed by atoms with E-state index >= 15 is 0 Å². The predicted molar refractivity (Wildman–Crippen MR) is 123 cm³/mol. The quantitative estimate of drug-likeness (QED) is 0.627. The number of hydrogen-bond acceptors (Lipinski definition) is 5. The third-order valence-corrected chi connectivity index (χ3v) is 7.44. The molecule has 34 heavy (non-hydrogen) atoms. The maximum absolute atomic E-state index is 13.0. The van der Waals surface area contributed by atoms with Crippen molar-refractivity contribution in [2.75, 3.05) is 19.7 Å². The SMILES string of the molecule is O=C(N[C@@H]1CCC[C@@H]1C(=O)N1CCC(O)(C(=O)O)C1)OCC1c2ccccc2-c2ccccc21. The topological polar surface area (TPSA) is 116 Å². The van der Waals surface area contributed by atoms with Crippen LogP contribution in [0.5, 0.6) is 0 Å². The number of nitrogens with zero attached hydrogens (tertiary/aromatic N) is 1. The number of fused-ring (bicyclic) bond motifs is 3. The van der Waals surface area contributed by atoms with Crippen molar-refractivity contribution in [1.82, 2.24) is 10.2 Å². The number of hydrogen-bond donors (Lipinski definition) is 3. The van der Waals surface area contributed by atoms with Crippen molar-refractivity contribution in [3.63, 3.8) is 0 Å². The molecule has 1 saturated heterocycles. The molecule has 3 aliphatic rings. The van der Waals surface area contributed by atoms with Crippen molar-refractivity contribution in [3.05, 3.63) is 59.7 Å². The molecule has 0 aromatic heterocycles. The van der Waals surface area contributed by atoms with Crippen molar-refractivity contribution in [1.29, 1.82) is 0 Å². The van der Waals surface area contributed by atoms with Gasteiger partial charge in [0, 0.05) is 24.9 Å². The Balaban J connectivity index is 1.21. The van der Waals surface area contributed by atoms with Gasteiger partial charge in [-0.1, -0.05) is 55.0 Å². The van der Waals surface area contributed by atoms with Gasteiger partial charge < -0.3 is 25.2 Å². The van der Waals surface area contributed by atoms with Crippen LogP contribution in [0.25, 0.3) is 11.1 Å². The first-order chi connectivity index (χ1) is 16.4. The highest BCUT2D eigenvalue weighted by atomic mass is 16.5. The second-order valence-corrected chi connectivity index (χ2v) is 9.46. The first kappa shape index (κ1) is 22.4. The summed E-state index contributed by atoms with van der Waals surface area (Å²) < 4.78 is 5.63. The van der Waals surface area contributed by atoms with Crippen molar-refractivity contribution in [2.45, 2.75) is 43.2 Å². The van der Waals surface area contributed by atoms with Crippen LogP contribution in [0.3, 0.4) is 0 Å². The molecule has 5 rings (SSSR count). The zero-order valence-corrected chi connectivity index (χ0v) is 18.8. The summed E-state index contributed by atoms with van der Waals surface area (Å²) >= 11 is 0. The number of aliphatic carboxylic acids is 1. The summed E-state index contributed by atoms with van der Waals surface area (Å²) in [6.07, 6.45) is 1.48. The molecule has 2 fully saturated rings. The standard InChI is InChI=1S/C26H28N2O6/c29-23(28-13-12-26(33,15-28)24(30)31)20-10-5-11-22(20)27-25(32)34-14-21-18-8-3-1-6-16(18)17-7-2-4-9-19(17)21/h1-4,6-9,20-22,33H,5,10-15H2,(H,27,32)(H,30,31)/t20-,22+,26?/m0/s1. The normalized spacial score (nSPS) is 25.6. The van der Waals surface area contributed by atoms with Crippen LogP contribution in [-0.4, -0.2) is 64.4 Å². The molecule has 2 aromatic rings. The minimum Gasteiger partial charge on any atom is -0.479 e. The molecule has 1 saturated carbocycles. The molecule has 1 aliphatic heterocycles. The summed E-state index contributed by atoms with van der Waals surface area (Å²) in [7, 11) is 0. The van der Waals surface area contributed by atoms with Gasteiger partial charge in [-0.2, -0.15) is 0 Å². The van der Waals surface area contributed by atoms with Crippen LogP contribution < -0.4 is 5.32 Å². The van der Waals surface area contributed by atoms with Crippen molar-refractivity contribution < 1.29 is 29.3 Å². The van der Waals surface area contributed by atoms with Crippen molar-refractivity contribution in [3.8, 4) is 11.1 Å². The van der Waals surface area contributed by atoms with Crippen LogP contribution in [-0.2, 0) is 14.3 Å². The number of rotatable bonds is 5. The number of benzene rings is 2. The van der Waals surface area contributed by atoms with Gasteiger partial charge in [-0.3, -0.25) is 4.79 Å². The lowest BCUT2D eigenvalue weighted by atomic mass is 9.98. The largest absolute Gasteiger partial charge is 0.479 e. The average molecular weight is 465 g/mol. The number of alkyl carbamates (subject to hydrolysis) is 1. The Bertz CT molecular complexity index is 1090. The summed E-state index contributed by atoms with van der Waals surface area (Å²) in [6.45, 7) is 0.161. The lowest BCUT2D eigenvalue weighted by Crippen LogP contribution is -2.47. The van der Waals surface area contributed by atoms with Gasteiger partial charge in [0.25, 0.3) is 0 Å². The van der Waals surface area contributed by atoms with E-state index in [1.165, 1.54) is 4.90 Å². The summed E-state index contributed by atoms with van der Waals surface area (Å²) in [5, 5.41) is 22.3. The number of likely N-dealkylation sites (tertiary alicyclic amines) is 1. The van der Waals surface area contributed by atoms with Crippen LogP contribution >= 0.6 is 0 Å². The molecule has 178 valence electrons. The van der Waals surface area contributed by atoms with Crippen LogP contribution in [0.4, 0.5) is 4.79 Å². The van der Waals surface area contributed by atoms with Crippen molar-refractivity contribution in [2.24, 2.45) is 5.92 Å². The molecule has 8 nitrogen and oxygen atoms in total. The van der Waals surface area contributed by atoms with Gasteiger partial charge in [-0.05, 0) is 35.1 Å². The number of ether oxygens (including phenoxy) is 1. The lowest BCUT2D eigenvalue weighted by molar-refractivity contribution is -0.157. The monoisotopic (exact) mass is 464 g/mol. The number of carboxylic acids is 1. The predicted octanol–water partition coefficient (Wildman–Crippen LogP) is 2.74. The number of β-amino-alcohol motifs (C(OH)–C–C–N with tert-alkyl or cyclic N) is 1. The van der Waals surface area contributed by atoms with Crippen LogP contribution in [0.2, 0.25) is 0 Å². The minimum atomic E-state index is -1.90. The van der Waals surface area contributed by atoms with E-state index in [0.717, 1.165) is 28.7 Å². The lowest BCUT2D eigenvalue weighted by Gasteiger charge is -2.26. The van der Waals surface area contributed by atoms with E-state index < -0.39 is 23.6 Å². The third kappa shape index (κ3) is 3.92. The van der Waals surface area contributed by atoms with Gasteiger partial charge in [-0.15, -0.1) is 0 Å². The number of carboxylic acid groups (broad SMARTS) is 1. The van der Waals surface area contributed by atoms with Gasteiger partial charge in [0.1, 0.15) is 6.61 Å². The van der Waals surface area contributed by atoms with Gasteiger partial charge in [0.05, 0.1) is 12.5 Å². The Hall–Kier alpha value is -3.39. The molecule has 0 bridgehead atoms. The molecule has 0 spiro atoms. The summed E-state index contributed by atoms with van der Waals surface area (Å²) in [5.41, 5.74) is 2.67. The smallest absolute Gasteiger partial charge is 0.407 e. The fourth-order valence-corrected chi connectivity index (χ4v) is 5.61. The Morgan fingerprint density at radius 1 is 1.03 bits per heavy atom. The molecule has 3 atom stereocenters. The van der Waals surface area contributed by atoms with E-state index in [4.69, 9.17) is 4.74 Å². The minimum absolute atomic E-state index is 0.00523. The molecule has 0 radical (unpaired) electrons. The molecular formula is C26H28N2O6. The number of nitrogens with one attached hydrogen (secondary N) is 1. The summed E-state index contributed by atoms with van der Waals surface area (Å²) in [6, 6.07) is 15.9. The maximum Gasteiger partial charge on any atom is 0.407 e. The Kier molecular flexibility index (Phi) is 5.77. The Labute approximate surface area is 197 Å². The number of amides is 2. The van der Waals surface area contributed by atoms with Crippen LogP contribution in [0.1, 0.15) is 42.7 Å². The first-order valence-corrected chi connectivity index (χ1v) is 11.7. The Morgan fingerprint density at radius 2 is 1.68 bits per heavy atom. The van der Waals surface area contributed by atoms with E-state index in [9.17, 15) is 24.6 Å². The number of carbonyl (C=O) groups excluding carboxylic acids is 2. The zero-order chi connectivity index (χ0) is 23.9. The maximum atomic E-state index is 13.0. The third-order valence-electron chi connectivity index (χ3n) is 7.44.